The summed E-state index contributed by atoms with van der Waals surface area (Å²) in [6.45, 7) is 0.467. The van der Waals surface area contributed by atoms with E-state index in [1.54, 1.807) is 12.3 Å². The van der Waals surface area contributed by atoms with Crippen molar-refractivity contribution in [2.45, 2.75) is 6.04 Å². The lowest BCUT2D eigenvalue weighted by Crippen LogP contribution is -2.15. The number of para-hydroxylation sites is 1. The molecule has 3 rings (SSSR count). The molecule has 0 spiro atoms. The fourth-order valence-corrected chi connectivity index (χ4v) is 2.14. The highest BCUT2D eigenvalue weighted by atomic mass is 16.5. The number of nitrogens with one attached hydrogen (secondary N) is 1. The minimum absolute atomic E-state index is 0.0794. The summed E-state index contributed by atoms with van der Waals surface area (Å²) in [4.78, 5) is 15.2. The third-order valence-electron chi connectivity index (χ3n) is 3.05. The molecule has 1 aliphatic heterocycles. The van der Waals surface area contributed by atoms with Gasteiger partial charge >= 0.3 is 5.97 Å². The number of pyridine rings is 1. The maximum atomic E-state index is 11.1. The summed E-state index contributed by atoms with van der Waals surface area (Å²) >= 11 is 0. The SMILES string of the molecule is O=C(O)c1cccnc1NC1COc2ccccc21. The first-order valence-electron chi connectivity index (χ1n) is 5.92. The van der Waals surface area contributed by atoms with E-state index in [0.717, 1.165) is 11.3 Å². The summed E-state index contributed by atoms with van der Waals surface area (Å²) in [6, 6.07) is 10.7. The zero-order valence-electron chi connectivity index (χ0n) is 10.0. The molecule has 1 atom stereocenters. The number of hydrogen-bond donors (Lipinski definition) is 2. The first-order valence-corrected chi connectivity index (χ1v) is 5.92. The number of nitrogens with zero attached hydrogens (tertiary/aromatic N) is 1. The Bertz CT molecular complexity index is 628. The summed E-state index contributed by atoms with van der Waals surface area (Å²) in [5, 5.41) is 12.3. The smallest absolute Gasteiger partial charge is 0.339 e. The number of ether oxygens (including phenoxy) is 1. The molecule has 0 radical (unpaired) electrons. The van der Waals surface area contributed by atoms with Gasteiger partial charge in [-0.2, -0.15) is 0 Å². The highest BCUT2D eigenvalue weighted by Crippen LogP contribution is 2.34. The molecule has 0 amide bonds. The summed E-state index contributed by atoms with van der Waals surface area (Å²) in [5.74, 6) is 0.191. The van der Waals surface area contributed by atoms with Crippen molar-refractivity contribution >= 4 is 11.8 Å². The Morgan fingerprint density at radius 3 is 3.00 bits per heavy atom. The van der Waals surface area contributed by atoms with Gasteiger partial charge < -0.3 is 15.2 Å². The molecule has 0 bridgehead atoms. The van der Waals surface area contributed by atoms with Crippen molar-refractivity contribution in [3.63, 3.8) is 0 Å². The van der Waals surface area contributed by atoms with Crippen LogP contribution in [0.5, 0.6) is 5.75 Å². The van der Waals surface area contributed by atoms with E-state index in [9.17, 15) is 4.79 Å². The molecule has 2 N–H and O–H groups in total. The van der Waals surface area contributed by atoms with Gasteiger partial charge in [0.25, 0.3) is 0 Å². The second kappa shape index (κ2) is 4.61. The van der Waals surface area contributed by atoms with Gasteiger partial charge in [0.1, 0.15) is 23.7 Å². The molecular formula is C14H12N2O3. The molecule has 0 aliphatic carbocycles. The predicted molar refractivity (Wildman–Crippen MR) is 69.5 cm³/mol. The lowest BCUT2D eigenvalue weighted by atomic mass is 10.1. The number of hydrogen-bond acceptors (Lipinski definition) is 4. The predicted octanol–water partition coefficient (Wildman–Crippen LogP) is 2.33. The molecule has 0 saturated heterocycles. The summed E-state index contributed by atoms with van der Waals surface area (Å²) in [6.07, 6.45) is 1.57. The third kappa shape index (κ3) is 2.10. The number of benzene rings is 1. The molecule has 96 valence electrons. The van der Waals surface area contributed by atoms with Crippen LogP contribution in [0, 0.1) is 0 Å². The van der Waals surface area contributed by atoms with Crippen molar-refractivity contribution in [3.8, 4) is 5.75 Å². The molecule has 5 heteroatoms. The van der Waals surface area contributed by atoms with Crippen molar-refractivity contribution in [2.75, 3.05) is 11.9 Å². The molecular weight excluding hydrogens is 244 g/mol. The fraction of sp³-hybridized carbons (Fsp3) is 0.143. The monoisotopic (exact) mass is 256 g/mol. The lowest BCUT2D eigenvalue weighted by molar-refractivity contribution is 0.0697. The molecule has 19 heavy (non-hydrogen) atoms. The number of carbonyl (C=O) groups is 1. The van der Waals surface area contributed by atoms with Gasteiger partial charge in [-0.1, -0.05) is 18.2 Å². The standard InChI is InChI=1S/C14H12N2O3/c17-14(18)10-5-3-7-15-13(10)16-11-8-19-12-6-2-1-4-9(11)12/h1-7,11H,8H2,(H,15,16)(H,17,18). The number of carboxylic acids is 1. The number of carboxylic acid groups (broad SMARTS) is 1. The molecule has 0 fully saturated rings. The average molecular weight is 256 g/mol. The summed E-state index contributed by atoms with van der Waals surface area (Å²) in [7, 11) is 0. The highest BCUT2D eigenvalue weighted by Gasteiger charge is 2.25. The summed E-state index contributed by atoms with van der Waals surface area (Å²) in [5.41, 5.74) is 1.18. The Hall–Kier alpha value is -2.56. The van der Waals surface area contributed by atoms with Gasteiger partial charge in [-0.15, -0.1) is 0 Å². The number of fused-ring (bicyclic) bond motifs is 1. The van der Waals surface area contributed by atoms with E-state index >= 15 is 0 Å². The van der Waals surface area contributed by atoms with E-state index < -0.39 is 5.97 Å². The molecule has 5 nitrogen and oxygen atoms in total. The maximum Gasteiger partial charge on any atom is 0.339 e. The fourth-order valence-electron chi connectivity index (χ4n) is 2.14. The molecule has 0 saturated carbocycles. The lowest BCUT2D eigenvalue weighted by Gasteiger charge is -2.13. The first kappa shape index (κ1) is 11.5. The van der Waals surface area contributed by atoms with Gasteiger partial charge in [-0.05, 0) is 18.2 Å². The van der Waals surface area contributed by atoms with Gasteiger partial charge in [-0.3, -0.25) is 0 Å². The van der Waals surface area contributed by atoms with E-state index in [2.05, 4.69) is 10.3 Å². The van der Waals surface area contributed by atoms with Gasteiger partial charge in [0.2, 0.25) is 0 Å². The zero-order valence-corrected chi connectivity index (χ0v) is 10.0. The Morgan fingerprint density at radius 2 is 2.16 bits per heavy atom. The quantitative estimate of drug-likeness (QED) is 0.881. The molecule has 2 heterocycles. The van der Waals surface area contributed by atoms with Crippen LogP contribution in [-0.2, 0) is 0 Å². The first-order chi connectivity index (χ1) is 9.25. The van der Waals surface area contributed by atoms with Crippen LogP contribution in [-0.4, -0.2) is 22.7 Å². The second-order valence-electron chi connectivity index (χ2n) is 4.25. The molecule has 2 aromatic rings. The Morgan fingerprint density at radius 1 is 1.32 bits per heavy atom. The van der Waals surface area contributed by atoms with Crippen molar-refractivity contribution in [1.82, 2.24) is 4.98 Å². The van der Waals surface area contributed by atoms with Crippen molar-refractivity contribution < 1.29 is 14.6 Å². The van der Waals surface area contributed by atoms with Crippen LogP contribution in [0.3, 0.4) is 0 Å². The maximum absolute atomic E-state index is 11.1. The van der Waals surface area contributed by atoms with E-state index in [1.165, 1.54) is 6.07 Å². The molecule has 1 aliphatic rings. The molecule has 1 aromatic carbocycles. The van der Waals surface area contributed by atoms with Gasteiger partial charge in [-0.25, -0.2) is 9.78 Å². The zero-order chi connectivity index (χ0) is 13.2. The Labute approximate surface area is 109 Å². The topological polar surface area (TPSA) is 71.5 Å². The van der Waals surface area contributed by atoms with Crippen LogP contribution in [0.25, 0.3) is 0 Å². The number of anilines is 1. The Kier molecular flexibility index (Phi) is 2.79. The van der Waals surface area contributed by atoms with E-state index in [4.69, 9.17) is 9.84 Å². The van der Waals surface area contributed by atoms with E-state index in [0.29, 0.717) is 12.4 Å². The van der Waals surface area contributed by atoms with Gasteiger partial charge in [0.05, 0.1) is 6.04 Å². The van der Waals surface area contributed by atoms with Crippen LogP contribution in [0.1, 0.15) is 22.0 Å². The summed E-state index contributed by atoms with van der Waals surface area (Å²) < 4.78 is 5.55. The van der Waals surface area contributed by atoms with Gasteiger partial charge in [0, 0.05) is 11.8 Å². The van der Waals surface area contributed by atoms with Crippen molar-refractivity contribution in [1.29, 1.82) is 0 Å². The Balaban J connectivity index is 1.90. The third-order valence-corrected chi connectivity index (χ3v) is 3.05. The van der Waals surface area contributed by atoms with Crippen molar-refractivity contribution in [2.24, 2.45) is 0 Å². The van der Waals surface area contributed by atoms with Crippen LogP contribution < -0.4 is 10.1 Å². The second-order valence-corrected chi connectivity index (χ2v) is 4.25. The van der Waals surface area contributed by atoms with Crippen LogP contribution in [0.4, 0.5) is 5.82 Å². The van der Waals surface area contributed by atoms with Crippen LogP contribution >= 0.6 is 0 Å². The minimum atomic E-state index is -0.997. The van der Waals surface area contributed by atoms with Crippen molar-refractivity contribution in [3.05, 3.63) is 53.7 Å². The highest BCUT2D eigenvalue weighted by molar-refractivity contribution is 5.93. The van der Waals surface area contributed by atoms with E-state index in [1.807, 2.05) is 24.3 Å². The van der Waals surface area contributed by atoms with E-state index in [-0.39, 0.29) is 11.6 Å². The molecule has 1 aromatic heterocycles. The number of aromatic carboxylic acids is 1. The molecule has 1 unspecified atom stereocenters. The normalized spacial score (nSPS) is 16.5. The number of rotatable bonds is 3. The average Bonchev–Trinajstić information content (AvgIpc) is 2.83. The minimum Gasteiger partial charge on any atom is -0.491 e. The van der Waals surface area contributed by atoms with Crippen LogP contribution in [0.15, 0.2) is 42.6 Å². The van der Waals surface area contributed by atoms with Crippen LogP contribution in [0.2, 0.25) is 0 Å². The number of aromatic nitrogens is 1. The van der Waals surface area contributed by atoms with Gasteiger partial charge in [0.15, 0.2) is 0 Å². The largest absolute Gasteiger partial charge is 0.491 e.